The van der Waals surface area contributed by atoms with Crippen molar-refractivity contribution in [2.75, 3.05) is 20.2 Å². The highest BCUT2D eigenvalue weighted by molar-refractivity contribution is 7.07. The number of carbonyl (C=O) groups excluding carboxylic acids is 1. The third-order valence-corrected chi connectivity index (χ3v) is 4.95. The molecule has 0 saturated carbocycles. The summed E-state index contributed by atoms with van der Waals surface area (Å²) in [5, 5.41) is 13.4. The fraction of sp³-hybridized carbons (Fsp3) is 0.412. The Morgan fingerprint density at radius 1 is 1.48 bits per heavy atom. The number of methoxy groups -OCH3 is 1. The minimum Gasteiger partial charge on any atom is -0.493 e. The minimum absolute atomic E-state index is 0.0352. The van der Waals surface area contributed by atoms with Crippen molar-refractivity contribution in [3.05, 3.63) is 44.4 Å². The number of hydrogen-bond donors (Lipinski definition) is 1. The van der Waals surface area contributed by atoms with Gasteiger partial charge < -0.3 is 20.1 Å². The molecule has 2 heterocycles. The number of aromatic nitrogens is 1. The highest BCUT2D eigenvalue weighted by atomic mass is 32.1. The lowest BCUT2D eigenvalue weighted by molar-refractivity contribution is -0.385. The number of hydrogen-bond acceptors (Lipinski definition) is 8. The summed E-state index contributed by atoms with van der Waals surface area (Å²) in [7, 11) is 1.42. The van der Waals surface area contributed by atoms with E-state index in [0.29, 0.717) is 18.8 Å². The number of amides is 1. The van der Waals surface area contributed by atoms with Crippen molar-refractivity contribution in [3.63, 3.8) is 0 Å². The zero-order valence-electron chi connectivity index (χ0n) is 14.8. The number of ether oxygens (including phenoxy) is 2. The Balaban J connectivity index is 1.91. The van der Waals surface area contributed by atoms with E-state index in [-0.39, 0.29) is 35.4 Å². The molecule has 0 aliphatic carbocycles. The summed E-state index contributed by atoms with van der Waals surface area (Å²) in [4.78, 5) is 29.5. The Bertz CT molecular complexity index is 827. The lowest BCUT2D eigenvalue weighted by Gasteiger charge is -2.30. The highest BCUT2D eigenvalue weighted by Gasteiger charge is 2.30. The molecule has 27 heavy (non-hydrogen) atoms. The second-order valence-corrected chi connectivity index (χ2v) is 6.92. The van der Waals surface area contributed by atoms with Crippen molar-refractivity contribution in [1.82, 2.24) is 9.88 Å². The monoisotopic (exact) mass is 392 g/mol. The van der Waals surface area contributed by atoms with Crippen LogP contribution in [-0.2, 0) is 6.61 Å². The van der Waals surface area contributed by atoms with Gasteiger partial charge >= 0.3 is 0 Å². The molecule has 144 valence electrons. The van der Waals surface area contributed by atoms with E-state index in [9.17, 15) is 14.9 Å². The summed E-state index contributed by atoms with van der Waals surface area (Å²) in [5.41, 5.74) is 7.94. The molecule has 1 aliphatic rings. The molecular formula is C17H20N4O5S. The van der Waals surface area contributed by atoms with Crippen LogP contribution in [0.1, 0.15) is 28.9 Å². The number of likely N-dealkylation sites (tertiary alicyclic amines) is 1. The summed E-state index contributed by atoms with van der Waals surface area (Å²) in [6.45, 7) is 1.04. The number of piperidine rings is 1. The van der Waals surface area contributed by atoms with E-state index in [1.807, 2.05) is 5.38 Å². The number of carbonyl (C=O) groups is 1. The minimum atomic E-state index is -0.591. The van der Waals surface area contributed by atoms with Gasteiger partial charge in [0.25, 0.3) is 11.6 Å². The first kappa shape index (κ1) is 19.1. The molecule has 1 unspecified atom stereocenters. The van der Waals surface area contributed by atoms with Crippen molar-refractivity contribution < 1.29 is 19.2 Å². The van der Waals surface area contributed by atoms with Gasteiger partial charge in [0.05, 0.1) is 29.3 Å². The Morgan fingerprint density at radius 2 is 2.30 bits per heavy atom. The number of nitro benzene ring substituents is 1. The van der Waals surface area contributed by atoms with Crippen LogP contribution in [0, 0.1) is 10.1 Å². The van der Waals surface area contributed by atoms with Crippen LogP contribution in [0.2, 0.25) is 0 Å². The molecule has 1 aliphatic heterocycles. The quantitative estimate of drug-likeness (QED) is 0.591. The molecular weight excluding hydrogens is 372 g/mol. The van der Waals surface area contributed by atoms with E-state index in [2.05, 4.69) is 4.98 Å². The van der Waals surface area contributed by atoms with Crippen molar-refractivity contribution >= 4 is 22.9 Å². The highest BCUT2D eigenvalue weighted by Crippen LogP contribution is 2.36. The Hall–Kier alpha value is -2.72. The summed E-state index contributed by atoms with van der Waals surface area (Å²) in [5.74, 6) is 0.00536. The van der Waals surface area contributed by atoms with Crippen LogP contribution in [0.15, 0.2) is 23.0 Å². The molecule has 1 fully saturated rings. The molecule has 1 aromatic carbocycles. The smallest absolute Gasteiger partial charge is 0.286 e. The maximum atomic E-state index is 12.9. The van der Waals surface area contributed by atoms with Gasteiger partial charge in [-0.05, 0) is 12.8 Å². The average molecular weight is 392 g/mol. The largest absolute Gasteiger partial charge is 0.493 e. The molecule has 0 bridgehead atoms. The maximum Gasteiger partial charge on any atom is 0.286 e. The fourth-order valence-corrected chi connectivity index (χ4v) is 3.51. The molecule has 10 heteroatoms. The number of thiazole rings is 1. The normalized spacial score (nSPS) is 16.8. The Kier molecular flexibility index (Phi) is 5.87. The van der Waals surface area contributed by atoms with E-state index in [0.717, 1.165) is 12.8 Å². The first-order chi connectivity index (χ1) is 13.0. The van der Waals surface area contributed by atoms with Gasteiger partial charge in [-0.1, -0.05) is 0 Å². The maximum absolute atomic E-state index is 12.9. The fourth-order valence-electron chi connectivity index (χ4n) is 2.97. The summed E-state index contributed by atoms with van der Waals surface area (Å²) in [6, 6.07) is 2.46. The van der Waals surface area contributed by atoms with Crippen molar-refractivity contribution in [3.8, 4) is 11.5 Å². The topological polar surface area (TPSA) is 121 Å². The number of nitro groups is 1. The van der Waals surface area contributed by atoms with E-state index in [1.54, 1.807) is 10.4 Å². The Labute approximate surface area is 159 Å². The van der Waals surface area contributed by atoms with Gasteiger partial charge in [-0.3, -0.25) is 14.9 Å². The lowest BCUT2D eigenvalue weighted by Crippen LogP contribution is -2.45. The summed E-state index contributed by atoms with van der Waals surface area (Å²) >= 11 is 1.42. The van der Waals surface area contributed by atoms with Gasteiger partial charge in [-0.2, -0.15) is 0 Å². The predicted octanol–water partition coefficient (Wildman–Crippen LogP) is 2.20. The van der Waals surface area contributed by atoms with Gasteiger partial charge in [0.15, 0.2) is 11.5 Å². The summed E-state index contributed by atoms with van der Waals surface area (Å²) < 4.78 is 10.9. The third kappa shape index (κ3) is 4.34. The van der Waals surface area contributed by atoms with E-state index >= 15 is 0 Å². The number of nitrogens with two attached hydrogens (primary N) is 1. The van der Waals surface area contributed by atoms with E-state index in [1.165, 1.54) is 30.6 Å². The van der Waals surface area contributed by atoms with Crippen molar-refractivity contribution in [2.45, 2.75) is 25.5 Å². The van der Waals surface area contributed by atoms with Crippen LogP contribution >= 0.6 is 11.3 Å². The molecule has 1 aromatic heterocycles. The second-order valence-electron chi connectivity index (χ2n) is 6.20. The molecule has 1 amide bonds. The SMILES string of the molecule is COc1cc(C(=O)N2CCCC(N)C2)c([N+](=O)[O-])cc1OCc1cscn1. The van der Waals surface area contributed by atoms with E-state index in [4.69, 9.17) is 15.2 Å². The molecule has 0 radical (unpaired) electrons. The van der Waals surface area contributed by atoms with Crippen LogP contribution in [0.25, 0.3) is 0 Å². The van der Waals surface area contributed by atoms with Gasteiger partial charge in [-0.15, -0.1) is 11.3 Å². The molecule has 0 spiro atoms. The van der Waals surface area contributed by atoms with Gasteiger partial charge in [-0.25, -0.2) is 4.98 Å². The second kappa shape index (κ2) is 8.31. The molecule has 2 N–H and O–H groups in total. The standard InChI is InChI=1S/C17H20N4O5S/c1-25-15-5-13(17(22)20-4-2-3-11(18)7-20)14(21(23)24)6-16(15)26-8-12-9-27-10-19-12/h5-6,9-11H,2-4,7-8,18H2,1H3. The van der Waals surface area contributed by atoms with Crippen LogP contribution in [0.4, 0.5) is 5.69 Å². The molecule has 1 atom stereocenters. The van der Waals surface area contributed by atoms with Gasteiger partial charge in [0, 0.05) is 30.6 Å². The average Bonchev–Trinajstić information content (AvgIpc) is 3.18. The molecule has 2 aromatic rings. The first-order valence-electron chi connectivity index (χ1n) is 8.40. The molecule has 1 saturated heterocycles. The molecule has 3 rings (SSSR count). The van der Waals surface area contributed by atoms with Crippen LogP contribution < -0.4 is 15.2 Å². The first-order valence-corrected chi connectivity index (χ1v) is 9.35. The van der Waals surface area contributed by atoms with Crippen LogP contribution in [-0.4, -0.2) is 47.0 Å². The van der Waals surface area contributed by atoms with E-state index < -0.39 is 10.8 Å². The lowest BCUT2D eigenvalue weighted by atomic mass is 10.0. The van der Waals surface area contributed by atoms with Gasteiger partial charge in [0.2, 0.25) is 0 Å². The molecule has 9 nitrogen and oxygen atoms in total. The Morgan fingerprint density at radius 3 is 2.93 bits per heavy atom. The summed E-state index contributed by atoms with van der Waals surface area (Å²) in [6.07, 6.45) is 1.60. The zero-order chi connectivity index (χ0) is 19.4. The van der Waals surface area contributed by atoms with Crippen LogP contribution in [0.5, 0.6) is 11.5 Å². The van der Waals surface area contributed by atoms with Crippen molar-refractivity contribution in [2.24, 2.45) is 5.73 Å². The number of nitrogens with zero attached hydrogens (tertiary/aromatic N) is 3. The number of benzene rings is 1. The third-order valence-electron chi connectivity index (χ3n) is 4.31. The van der Waals surface area contributed by atoms with Crippen molar-refractivity contribution in [1.29, 1.82) is 0 Å². The predicted molar refractivity (Wildman–Crippen MR) is 99.2 cm³/mol. The number of rotatable bonds is 6. The zero-order valence-corrected chi connectivity index (χ0v) is 15.6. The van der Waals surface area contributed by atoms with Gasteiger partial charge in [0.1, 0.15) is 12.2 Å². The van der Waals surface area contributed by atoms with Crippen LogP contribution in [0.3, 0.4) is 0 Å².